The monoisotopic (exact) mass is 557 g/mol. The van der Waals surface area contributed by atoms with Crippen molar-refractivity contribution < 1.29 is 22.7 Å². The van der Waals surface area contributed by atoms with E-state index in [0.717, 1.165) is 8.06 Å². The molecule has 0 aliphatic heterocycles. The summed E-state index contributed by atoms with van der Waals surface area (Å²) in [5.41, 5.74) is -1.25. The molecule has 1 rings (SSSR count). The number of amides is 1. The Balaban J connectivity index is 2.96. The molecule has 1 radical (unpaired) electrons. The van der Waals surface area contributed by atoms with Crippen LogP contribution in [0.3, 0.4) is 0 Å². The summed E-state index contributed by atoms with van der Waals surface area (Å²) >= 11 is -2.62. The van der Waals surface area contributed by atoms with Gasteiger partial charge in [0.25, 0.3) is 0 Å². The van der Waals surface area contributed by atoms with Crippen LogP contribution in [-0.4, -0.2) is 69.9 Å². The van der Waals surface area contributed by atoms with E-state index in [4.69, 9.17) is 0 Å². The average molecular weight is 556 g/mol. The van der Waals surface area contributed by atoms with Crippen molar-refractivity contribution in [3.05, 3.63) is 17.8 Å². The first-order valence-corrected chi connectivity index (χ1v) is 20.8. The van der Waals surface area contributed by atoms with Gasteiger partial charge in [-0.15, -0.1) is 0 Å². The van der Waals surface area contributed by atoms with Crippen LogP contribution in [0.1, 0.15) is 38.1 Å². The van der Waals surface area contributed by atoms with E-state index in [1.807, 2.05) is 6.07 Å². The maximum absolute atomic E-state index is 14.3. The second-order valence-electron chi connectivity index (χ2n) is 8.22. The third-order valence-corrected chi connectivity index (χ3v) is 11.5. The minimum absolute atomic E-state index is 0.237. The molecule has 1 aromatic heterocycles. The van der Waals surface area contributed by atoms with Gasteiger partial charge in [0.05, 0.1) is 0 Å². The average Bonchev–Trinajstić information content (AvgIpc) is 2.49. The molecule has 1 unspecified atom stereocenters. The normalized spacial score (nSPS) is 14.4. The first kappa shape index (κ1) is 24.8. The van der Waals surface area contributed by atoms with Crippen LogP contribution >= 0.6 is 0 Å². The SMILES string of the molecule is CC(C)[As]c1c[c]([Sn]([CH3])([CH3])[CH3])ncc1C(=O)NCC(F)C(C)(C)OC(F)F. The van der Waals surface area contributed by atoms with Crippen molar-refractivity contribution in [2.45, 2.75) is 65.6 Å². The molecule has 0 fully saturated rings. The number of hydrogen-bond donors (Lipinski definition) is 1. The molecule has 4 nitrogen and oxygen atoms in total. The van der Waals surface area contributed by atoms with Gasteiger partial charge in [-0.3, -0.25) is 0 Å². The van der Waals surface area contributed by atoms with Crippen molar-refractivity contribution in [3.63, 3.8) is 0 Å². The molecule has 1 heterocycles. The Morgan fingerprint density at radius 3 is 2.37 bits per heavy atom. The van der Waals surface area contributed by atoms with Gasteiger partial charge < -0.3 is 0 Å². The molecule has 0 spiro atoms. The molecule has 0 aromatic carbocycles. The zero-order chi connectivity index (χ0) is 21.0. The molecule has 27 heavy (non-hydrogen) atoms. The number of nitrogens with one attached hydrogen (secondary N) is 1. The van der Waals surface area contributed by atoms with Crippen LogP contribution in [0.2, 0.25) is 19.5 Å². The number of carbonyl (C=O) groups is 1. The number of ether oxygens (including phenoxy) is 1. The van der Waals surface area contributed by atoms with Gasteiger partial charge in [-0.1, -0.05) is 0 Å². The van der Waals surface area contributed by atoms with Gasteiger partial charge in [0.1, 0.15) is 0 Å². The van der Waals surface area contributed by atoms with Crippen molar-refractivity contribution in [2.75, 3.05) is 6.54 Å². The molecule has 153 valence electrons. The van der Waals surface area contributed by atoms with Gasteiger partial charge in [0.2, 0.25) is 0 Å². The minimum atomic E-state index is -3.07. The van der Waals surface area contributed by atoms with Crippen molar-refractivity contribution in [1.29, 1.82) is 0 Å². The molecule has 1 atom stereocenters. The van der Waals surface area contributed by atoms with Crippen LogP contribution in [0.15, 0.2) is 12.3 Å². The number of halogens is 3. The number of hydrogen-bond acceptors (Lipinski definition) is 3. The Kier molecular flexibility index (Phi) is 9.14. The van der Waals surface area contributed by atoms with E-state index in [1.54, 1.807) is 6.20 Å². The zero-order valence-corrected chi connectivity index (χ0v) is 21.7. The zero-order valence-electron chi connectivity index (χ0n) is 16.9. The second kappa shape index (κ2) is 9.97. The molecule has 1 N–H and O–H groups in total. The number of pyridine rings is 1. The summed E-state index contributed by atoms with van der Waals surface area (Å²) < 4.78 is 45.9. The Morgan fingerprint density at radius 1 is 1.30 bits per heavy atom. The summed E-state index contributed by atoms with van der Waals surface area (Å²) in [6, 6.07) is 2.04. The molecule has 0 saturated carbocycles. The molecule has 0 bridgehead atoms. The fraction of sp³-hybridized carbons (Fsp3) is 0.667. The van der Waals surface area contributed by atoms with Gasteiger partial charge >= 0.3 is 171 Å². The molecule has 1 aromatic rings. The third-order valence-electron chi connectivity index (χ3n) is 3.88. The van der Waals surface area contributed by atoms with E-state index in [1.165, 1.54) is 13.8 Å². The summed E-state index contributed by atoms with van der Waals surface area (Å²) in [6.07, 6.45) is -0.191. The van der Waals surface area contributed by atoms with E-state index < -0.39 is 49.2 Å². The van der Waals surface area contributed by atoms with Gasteiger partial charge in [-0.2, -0.15) is 0 Å². The summed E-state index contributed by atoms with van der Waals surface area (Å²) in [5, 5.41) is 2.50. The van der Waals surface area contributed by atoms with Gasteiger partial charge in [-0.05, 0) is 0 Å². The van der Waals surface area contributed by atoms with Crippen LogP contribution < -0.4 is 13.4 Å². The standard InChI is InChI=1S/C15H20AsF3N2O2.3CH3.Sn/c1-9(2)16-11-5-6-20-7-10(11)13(22)21-8-12(17)15(3,4)23-14(18)19;;;;/h5,7,9,12,14H,8H2,1-4H3,(H,21,22);3*1H3;. The van der Waals surface area contributed by atoms with E-state index in [0.29, 0.717) is 10.3 Å². The summed E-state index contributed by atoms with van der Waals surface area (Å²) in [7, 11) is 0. The molecule has 0 aliphatic rings. The van der Waals surface area contributed by atoms with Crippen molar-refractivity contribution in [1.82, 2.24) is 10.3 Å². The summed E-state index contributed by atoms with van der Waals surface area (Å²) in [4.78, 5) is 23.8. The maximum atomic E-state index is 14.3. The van der Waals surface area contributed by atoms with Crippen LogP contribution in [0.4, 0.5) is 13.2 Å². The van der Waals surface area contributed by atoms with Crippen LogP contribution in [0.25, 0.3) is 0 Å². The van der Waals surface area contributed by atoms with E-state index >= 15 is 0 Å². The van der Waals surface area contributed by atoms with Gasteiger partial charge in [-0.25, -0.2) is 0 Å². The first-order valence-electron chi connectivity index (χ1n) is 8.83. The fourth-order valence-electron chi connectivity index (χ4n) is 2.24. The van der Waals surface area contributed by atoms with Crippen LogP contribution in [0.5, 0.6) is 0 Å². The van der Waals surface area contributed by atoms with Crippen molar-refractivity contribution in [3.8, 4) is 0 Å². The van der Waals surface area contributed by atoms with E-state index in [9.17, 15) is 18.0 Å². The van der Waals surface area contributed by atoms with Gasteiger partial charge in [0, 0.05) is 0 Å². The number of nitrogens with zero attached hydrogens (tertiary/aromatic N) is 1. The number of aromatic nitrogens is 1. The Labute approximate surface area is 170 Å². The van der Waals surface area contributed by atoms with Crippen molar-refractivity contribution in [2.24, 2.45) is 0 Å². The molecular weight excluding hydrogens is 527 g/mol. The third kappa shape index (κ3) is 7.93. The van der Waals surface area contributed by atoms with E-state index in [-0.39, 0.29) is 15.8 Å². The molecule has 1 amide bonds. The van der Waals surface area contributed by atoms with Gasteiger partial charge in [0.15, 0.2) is 0 Å². The second-order valence-corrected chi connectivity index (χ2v) is 26.2. The summed E-state index contributed by atoms with van der Waals surface area (Å²) in [6.45, 7) is 3.19. The topological polar surface area (TPSA) is 51.2 Å². The van der Waals surface area contributed by atoms with E-state index in [2.05, 4.69) is 43.7 Å². The fourth-order valence-corrected chi connectivity index (χ4v) is 8.14. The Bertz CT molecular complexity index is 652. The number of rotatable bonds is 9. The number of carbonyl (C=O) groups excluding carboxylic acids is 1. The predicted octanol–water partition coefficient (Wildman–Crippen LogP) is 2.87. The molecular formula is C18H29AsF3N2O2Sn. The summed E-state index contributed by atoms with van der Waals surface area (Å²) in [5.74, 6) is -0.431. The molecule has 0 saturated heterocycles. The molecule has 0 aliphatic carbocycles. The quantitative estimate of drug-likeness (QED) is 0.477. The van der Waals surface area contributed by atoms with Crippen LogP contribution in [-0.2, 0) is 4.74 Å². The predicted molar refractivity (Wildman–Crippen MR) is 106 cm³/mol. The first-order chi connectivity index (χ1) is 12.2. The van der Waals surface area contributed by atoms with Crippen molar-refractivity contribution >= 4 is 48.1 Å². The van der Waals surface area contributed by atoms with Crippen LogP contribution in [0, 0.1) is 0 Å². The number of alkyl halides is 3. The Morgan fingerprint density at radius 2 is 1.89 bits per heavy atom. The Hall–Kier alpha value is -0.273. The molecule has 9 heteroatoms.